The summed E-state index contributed by atoms with van der Waals surface area (Å²) in [6.45, 7) is 2.31. The van der Waals surface area contributed by atoms with Crippen LogP contribution >= 0.6 is 11.6 Å². The van der Waals surface area contributed by atoms with Crippen LogP contribution in [0.15, 0.2) is 53.6 Å². The summed E-state index contributed by atoms with van der Waals surface area (Å²) in [5.74, 6) is 0.180. The third-order valence-corrected chi connectivity index (χ3v) is 4.31. The minimum atomic E-state index is -0.347. The van der Waals surface area contributed by atoms with Crippen molar-refractivity contribution in [3.05, 3.63) is 64.7 Å². The molecule has 0 bridgehead atoms. The molecular weight excluding hydrogens is 382 g/mol. The molecule has 1 aliphatic heterocycles. The number of nitrogens with zero attached hydrogens (tertiary/aromatic N) is 2. The third kappa shape index (κ3) is 5.80. The predicted molar refractivity (Wildman–Crippen MR) is 106 cm³/mol. The first-order valence-electron chi connectivity index (χ1n) is 8.79. The van der Waals surface area contributed by atoms with Crippen LogP contribution in [0.4, 0.5) is 0 Å². The Morgan fingerprint density at radius 2 is 1.93 bits per heavy atom. The molecule has 7 nitrogen and oxygen atoms in total. The molecule has 1 aliphatic rings. The molecule has 0 aromatic heterocycles. The monoisotopic (exact) mass is 401 g/mol. The Balaban J connectivity index is 1.46. The highest BCUT2D eigenvalue weighted by atomic mass is 35.5. The molecule has 1 heterocycles. The second-order valence-electron chi connectivity index (χ2n) is 6.06. The highest BCUT2D eigenvalue weighted by Gasteiger charge is 2.17. The summed E-state index contributed by atoms with van der Waals surface area (Å²) in [6, 6.07) is 13.7. The van der Waals surface area contributed by atoms with Gasteiger partial charge in [-0.15, -0.1) is 0 Å². The van der Waals surface area contributed by atoms with Crippen LogP contribution in [-0.4, -0.2) is 55.8 Å². The summed E-state index contributed by atoms with van der Waals surface area (Å²) in [7, 11) is 0. The van der Waals surface area contributed by atoms with Gasteiger partial charge in [-0.3, -0.25) is 9.59 Å². The average Bonchev–Trinajstić information content (AvgIpc) is 2.73. The average molecular weight is 402 g/mol. The molecule has 0 radical (unpaired) electrons. The molecule has 146 valence electrons. The number of carbonyl (C=O) groups is 2. The lowest BCUT2D eigenvalue weighted by atomic mass is 10.2. The van der Waals surface area contributed by atoms with Crippen molar-refractivity contribution < 1.29 is 19.1 Å². The lowest BCUT2D eigenvalue weighted by Gasteiger charge is -2.26. The second-order valence-corrected chi connectivity index (χ2v) is 6.50. The smallest absolute Gasteiger partial charge is 0.271 e. The molecule has 0 atom stereocenters. The first-order valence-corrected chi connectivity index (χ1v) is 9.17. The minimum absolute atomic E-state index is 0.0108. The van der Waals surface area contributed by atoms with Gasteiger partial charge in [0.05, 0.1) is 19.4 Å². The Hall–Kier alpha value is -2.90. The van der Waals surface area contributed by atoms with E-state index in [9.17, 15) is 9.59 Å². The summed E-state index contributed by atoms with van der Waals surface area (Å²) in [4.78, 5) is 25.8. The molecule has 0 aliphatic carbocycles. The van der Waals surface area contributed by atoms with E-state index >= 15 is 0 Å². The zero-order chi connectivity index (χ0) is 19.8. The molecule has 0 saturated carbocycles. The van der Waals surface area contributed by atoms with Gasteiger partial charge in [-0.2, -0.15) is 5.10 Å². The summed E-state index contributed by atoms with van der Waals surface area (Å²) in [6.07, 6.45) is 1.52. The highest BCUT2D eigenvalue weighted by Crippen LogP contribution is 2.12. The fraction of sp³-hybridized carbons (Fsp3) is 0.250. The lowest BCUT2D eigenvalue weighted by molar-refractivity contribution is -0.137. The number of halogens is 1. The Bertz CT molecular complexity index is 849. The minimum Gasteiger partial charge on any atom is -0.484 e. The van der Waals surface area contributed by atoms with Crippen LogP contribution in [0.1, 0.15) is 15.9 Å². The number of hydrogen-bond donors (Lipinski definition) is 1. The summed E-state index contributed by atoms with van der Waals surface area (Å²) < 4.78 is 10.8. The number of nitrogens with one attached hydrogen (secondary N) is 1. The topological polar surface area (TPSA) is 80.2 Å². The molecule has 3 rings (SSSR count). The van der Waals surface area contributed by atoms with Crippen LogP contribution in [0.3, 0.4) is 0 Å². The number of morpholine rings is 1. The van der Waals surface area contributed by atoms with Crippen molar-refractivity contribution >= 4 is 29.6 Å². The molecule has 1 saturated heterocycles. The standard InChI is InChI=1S/C20H20ClN3O4/c21-17-3-1-2-16(12-17)20(26)23-22-13-15-4-6-18(7-5-15)28-14-19(25)24-8-10-27-11-9-24/h1-7,12-13H,8-11,14H2,(H,23,26)/b22-13-. The third-order valence-electron chi connectivity index (χ3n) is 4.07. The molecule has 1 N–H and O–H groups in total. The van der Waals surface area contributed by atoms with Gasteiger partial charge in [-0.1, -0.05) is 17.7 Å². The Kier molecular flexibility index (Phi) is 7.00. The van der Waals surface area contributed by atoms with Crippen LogP contribution in [0, 0.1) is 0 Å². The van der Waals surface area contributed by atoms with Gasteiger partial charge in [0.15, 0.2) is 6.61 Å². The summed E-state index contributed by atoms with van der Waals surface area (Å²) >= 11 is 5.86. The van der Waals surface area contributed by atoms with E-state index in [4.69, 9.17) is 21.1 Å². The van der Waals surface area contributed by atoms with Gasteiger partial charge in [0.1, 0.15) is 5.75 Å². The maximum Gasteiger partial charge on any atom is 0.271 e. The van der Waals surface area contributed by atoms with Gasteiger partial charge in [0.2, 0.25) is 0 Å². The van der Waals surface area contributed by atoms with Crippen molar-refractivity contribution in [3.8, 4) is 5.75 Å². The Morgan fingerprint density at radius 1 is 1.18 bits per heavy atom. The van der Waals surface area contributed by atoms with Gasteiger partial charge in [0.25, 0.3) is 11.8 Å². The predicted octanol–water partition coefficient (Wildman–Crippen LogP) is 2.34. The SMILES string of the molecule is O=C(N/N=C\c1ccc(OCC(=O)N2CCOCC2)cc1)c1cccc(Cl)c1. The number of amides is 2. The molecule has 2 amide bonds. The molecule has 2 aromatic carbocycles. The highest BCUT2D eigenvalue weighted by molar-refractivity contribution is 6.30. The number of hydrogen-bond acceptors (Lipinski definition) is 5. The van der Waals surface area contributed by atoms with E-state index in [0.717, 1.165) is 5.56 Å². The molecule has 8 heteroatoms. The molecular formula is C20H20ClN3O4. The number of carbonyl (C=O) groups excluding carboxylic acids is 2. The normalized spacial score (nSPS) is 14.1. The fourth-order valence-corrected chi connectivity index (χ4v) is 2.75. The molecule has 1 fully saturated rings. The number of rotatable bonds is 6. The molecule has 0 spiro atoms. The quantitative estimate of drug-likeness (QED) is 0.595. The van der Waals surface area contributed by atoms with Crippen molar-refractivity contribution in [2.75, 3.05) is 32.9 Å². The maximum atomic E-state index is 12.1. The van der Waals surface area contributed by atoms with Crippen molar-refractivity contribution in [3.63, 3.8) is 0 Å². The van der Waals surface area contributed by atoms with Crippen LogP contribution in [0.25, 0.3) is 0 Å². The maximum absolute atomic E-state index is 12.1. The van der Waals surface area contributed by atoms with Crippen molar-refractivity contribution in [1.82, 2.24) is 10.3 Å². The van der Waals surface area contributed by atoms with Gasteiger partial charge >= 0.3 is 0 Å². The largest absolute Gasteiger partial charge is 0.484 e. The molecule has 2 aromatic rings. The van der Waals surface area contributed by atoms with E-state index in [2.05, 4.69) is 10.5 Å². The van der Waals surface area contributed by atoms with Crippen molar-refractivity contribution in [2.24, 2.45) is 5.10 Å². The summed E-state index contributed by atoms with van der Waals surface area (Å²) in [5, 5.41) is 4.42. The Labute approximate surface area is 167 Å². The van der Waals surface area contributed by atoms with Crippen molar-refractivity contribution in [1.29, 1.82) is 0 Å². The molecule has 0 unspecified atom stereocenters. The number of ether oxygens (including phenoxy) is 2. The van der Waals surface area contributed by atoms with E-state index in [-0.39, 0.29) is 18.4 Å². The van der Waals surface area contributed by atoms with Gasteiger partial charge < -0.3 is 14.4 Å². The number of benzene rings is 2. The summed E-state index contributed by atoms with van der Waals surface area (Å²) in [5.41, 5.74) is 3.65. The zero-order valence-corrected chi connectivity index (χ0v) is 15.9. The van der Waals surface area contributed by atoms with E-state index in [1.54, 1.807) is 53.4 Å². The first-order chi connectivity index (χ1) is 13.6. The van der Waals surface area contributed by atoms with Gasteiger partial charge in [0, 0.05) is 23.7 Å². The molecule has 28 heavy (non-hydrogen) atoms. The fourth-order valence-electron chi connectivity index (χ4n) is 2.56. The van der Waals surface area contributed by atoms with Crippen LogP contribution in [-0.2, 0) is 9.53 Å². The van der Waals surface area contributed by atoms with E-state index < -0.39 is 0 Å². The van der Waals surface area contributed by atoms with E-state index in [0.29, 0.717) is 42.6 Å². The number of hydrazone groups is 1. The second kappa shape index (κ2) is 9.87. The van der Waals surface area contributed by atoms with Gasteiger partial charge in [-0.25, -0.2) is 5.43 Å². The van der Waals surface area contributed by atoms with Crippen LogP contribution in [0.5, 0.6) is 5.75 Å². The van der Waals surface area contributed by atoms with Crippen LogP contribution in [0.2, 0.25) is 5.02 Å². The Morgan fingerprint density at radius 3 is 2.64 bits per heavy atom. The zero-order valence-electron chi connectivity index (χ0n) is 15.1. The van der Waals surface area contributed by atoms with Gasteiger partial charge in [-0.05, 0) is 48.0 Å². The lowest BCUT2D eigenvalue weighted by Crippen LogP contribution is -2.42. The van der Waals surface area contributed by atoms with E-state index in [1.165, 1.54) is 6.21 Å². The van der Waals surface area contributed by atoms with E-state index in [1.807, 2.05) is 0 Å². The van der Waals surface area contributed by atoms with Crippen LogP contribution < -0.4 is 10.2 Å². The van der Waals surface area contributed by atoms with Crippen molar-refractivity contribution in [2.45, 2.75) is 0 Å². The first kappa shape index (κ1) is 19.9.